The number of hydrogen-bond acceptors (Lipinski definition) is 4. The number of likely N-dealkylation sites (N-methyl/N-ethyl adjacent to an activating group) is 2. The van der Waals surface area contributed by atoms with Crippen molar-refractivity contribution >= 4 is 0 Å². The van der Waals surface area contributed by atoms with Crippen LogP contribution in [0, 0.1) is 6.92 Å². The largest absolute Gasteiger partial charge is 0.492 e. The molecule has 2 aliphatic heterocycles. The number of nitrogens with zero attached hydrogens (tertiary/aromatic N) is 2. The summed E-state index contributed by atoms with van der Waals surface area (Å²) in [5, 5.41) is 0. The summed E-state index contributed by atoms with van der Waals surface area (Å²) in [6.45, 7) is 6.45. The lowest BCUT2D eigenvalue weighted by Gasteiger charge is -2.25. The van der Waals surface area contributed by atoms with Gasteiger partial charge in [0.2, 0.25) is 0 Å². The minimum absolute atomic E-state index is 0.366. The van der Waals surface area contributed by atoms with E-state index in [1.807, 2.05) is 0 Å². The van der Waals surface area contributed by atoms with Crippen molar-refractivity contribution in [3.8, 4) is 11.5 Å². The van der Waals surface area contributed by atoms with Crippen molar-refractivity contribution in [1.82, 2.24) is 9.80 Å². The van der Waals surface area contributed by atoms with Gasteiger partial charge in [-0.25, -0.2) is 0 Å². The summed E-state index contributed by atoms with van der Waals surface area (Å²) >= 11 is 0. The van der Waals surface area contributed by atoms with Crippen LogP contribution in [0.5, 0.6) is 11.5 Å². The zero-order valence-electron chi connectivity index (χ0n) is 16.0. The highest BCUT2D eigenvalue weighted by Crippen LogP contribution is 2.28. The van der Waals surface area contributed by atoms with E-state index in [1.54, 1.807) is 0 Å². The van der Waals surface area contributed by atoms with Gasteiger partial charge in [0, 0.05) is 36.8 Å². The monoisotopic (exact) mass is 352 g/mol. The fourth-order valence-electron chi connectivity index (χ4n) is 3.83. The van der Waals surface area contributed by atoms with Gasteiger partial charge in [0.05, 0.1) is 0 Å². The Labute approximate surface area is 156 Å². The van der Waals surface area contributed by atoms with Crippen LogP contribution < -0.4 is 9.47 Å². The van der Waals surface area contributed by atoms with Crippen molar-refractivity contribution in [2.24, 2.45) is 0 Å². The molecule has 4 heteroatoms. The smallest absolute Gasteiger partial charge is 0.124 e. The first-order chi connectivity index (χ1) is 12.6. The van der Waals surface area contributed by atoms with Crippen LogP contribution in [-0.4, -0.2) is 49.7 Å². The highest BCUT2D eigenvalue weighted by Gasteiger charge is 2.23. The minimum Gasteiger partial charge on any atom is -0.492 e. The van der Waals surface area contributed by atoms with E-state index in [-0.39, 0.29) is 0 Å². The van der Waals surface area contributed by atoms with Crippen LogP contribution >= 0.6 is 0 Å². The summed E-state index contributed by atoms with van der Waals surface area (Å²) in [5.41, 5.74) is 5.17. The Kier molecular flexibility index (Phi) is 4.88. The molecular weight excluding hydrogens is 324 g/mol. The maximum atomic E-state index is 6.16. The predicted molar refractivity (Wildman–Crippen MR) is 104 cm³/mol. The van der Waals surface area contributed by atoms with E-state index in [1.165, 1.54) is 22.3 Å². The Bertz CT molecular complexity index is 790. The second kappa shape index (κ2) is 7.29. The number of fused-ring (bicyclic) bond motifs is 2. The zero-order valence-corrected chi connectivity index (χ0v) is 16.0. The Hall–Kier alpha value is -2.04. The average Bonchev–Trinajstić information content (AvgIpc) is 2.88. The number of ether oxygens (including phenoxy) is 2. The first kappa shape index (κ1) is 17.4. The molecule has 2 heterocycles. The summed E-state index contributed by atoms with van der Waals surface area (Å²) in [4.78, 5) is 4.73. The first-order valence-electron chi connectivity index (χ1n) is 9.44. The van der Waals surface area contributed by atoms with Crippen molar-refractivity contribution in [3.05, 3.63) is 58.7 Å². The summed E-state index contributed by atoms with van der Waals surface area (Å²) in [7, 11) is 4.35. The standard InChI is InChI=1S/C22H28N2O2/c1-16-4-6-18-14-24(3)20(15-26-22(18)10-16)12-17-5-7-21-19(11-17)13-23(2)8-9-25-21/h4-7,10-11,20H,8-9,12-15H2,1-3H3. The number of aryl methyl sites for hydroxylation is 1. The van der Waals surface area contributed by atoms with Crippen molar-refractivity contribution in [1.29, 1.82) is 0 Å². The van der Waals surface area contributed by atoms with E-state index in [4.69, 9.17) is 9.47 Å². The lowest BCUT2D eigenvalue weighted by atomic mass is 10.0. The fraction of sp³-hybridized carbons (Fsp3) is 0.455. The SMILES string of the molecule is Cc1ccc2c(c1)OCC(Cc1ccc3c(c1)CN(C)CCO3)N(C)C2. The van der Waals surface area contributed by atoms with Crippen molar-refractivity contribution in [2.45, 2.75) is 32.5 Å². The van der Waals surface area contributed by atoms with Crippen molar-refractivity contribution < 1.29 is 9.47 Å². The molecule has 1 unspecified atom stereocenters. The van der Waals surface area contributed by atoms with Crippen LogP contribution in [0.15, 0.2) is 36.4 Å². The van der Waals surface area contributed by atoms with Gasteiger partial charge in [0.1, 0.15) is 24.7 Å². The second-order valence-corrected chi connectivity index (χ2v) is 7.72. The summed E-state index contributed by atoms with van der Waals surface area (Å²) in [6.07, 6.45) is 0.987. The Morgan fingerprint density at radius 1 is 0.962 bits per heavy atom. The molecule has 0 spiro atoms. The van der Waals surface area contributed by atoms with Gasteiger partial charge in [-0.1, -0.05) is 24.3 Å². The highest BCUT2D eigenvalue weighted by molar-refractivity contribution is 5.39. The van der Waals surface area contributed by atoms with Crippen LogP contribution in [0.25, 0.3) is 0 Å². The molecule has 0 aliphatic carbocycles. The molecule has 0 fully saturated rings. The third-order valence-electron chi connectivity index (χ3n) is 5.46. The van der Waals surface area contributed by atoms with Gasteiger partial charge < -0.3 is 9.47 Å². The minimum atomic E-state index is 0.366. The van der Waals surface area contributed by atoms with Gasteiger partial charge in [-0.2, -0.15) is 0 Å². The van der Waals surface area contributed by atoms with E-state index in [0.29, 0.717) is 6.04 Å². The fourth-order valence-corrected chi connectivity index (χ4v) is 3.83. The van der Waals surface area contributed by atoms with E-state index in [0.717, 1.165) is 50.8 Å². The van der Waals surface area contributed by atoms with Gasteiger partial charge in [0.25, 0.3) is 0 Å². The van der Waals surface area contributed by atoms with Crippen LogP contribution in [0.3, 0.4) is 0 Å². The number of benzene rings is 2. The molecule has 138 valence electrons. The number of rotatable bonds is 2. The second-order valence-electron chi connectivity index (χ2n) is 7.72. The van der Waals surface area contributed by atoms with Gasteiger partial charge in [-0.05, 0) is 50.7 Å². The van der Waals surface area contributed by atoms with E-state index in [2.05, 4.69) is 67.2 Å². The van der Waals surface area contributed by atoms with Crippen molar-refractivity contribution in [3.63, 3.8) is 0 Å². The Balaban J connectivity index is 1.51. The van der Waals surface area contributed by atoms with E-state index >= 15 is 0 Å². The van der Waals surface area contributed by atoms with Crippen LogP contribution in [-0.2, 0) is 19.5 Å². The normalized spacial score (nSPS) is 21.0. The molecule has 1 atom stereocenters. The zero-order chi connectivity index (χ0) is 18.1. The van der Waals surface area contributed by atoms with Gasteiger partial charge in [0.15, 0.2) is 0 Å². The molecule has 0 saturated carbocycles. The Morgan fingerprint density at radius 2 is 1.85 bits per heavy atom. The maximum Gasteiger partial charge on any atom is 0.124 e. The lowest BCUT2D eigenvalue weighted by molar-refractivity contribution is 0.174. The van der Waals surface area contributed by atoms with Crippen LogP contribution in [0.1, 0.15) is 22.3 Å². The molecule has 0 bridgehead atoms. The van der Waals surface area contributed by atoms with Crippen LogP contribution in [0.4, 0.5) is 0 Å². The van der Waals surface area contributed by atoms with Gasteiger partial charge >= 0.3 is 0 Å². The lowest BCUT2D eigenvalue weighted by Crippen LogP contribution is -2.36. The third kappa shape index (κ3) is 3.71. The summed E-state index contributed by atoms with van der Waals surface area (Å²) in [5.74, 6) is 2.07. The molecule has 26 heavy (non-hydrogen) atoms. The predicted octanol–water partition coefficient (Wildman–Crippen LogP) is 3.25. The van der Waals surface area contributed by atoms with E-state index in [9.17, 15) is 0 Å². The summed E-state index contributed by atoms with van der Waals surface area (Å²) < 4.78 is 12.0. The van der Waals surface area contributed by atoms with Gasteiger partial charge in [-0.15, -0.1) is 0 Å². The van der Waals surface area contributed by atoms with Crippen LogP contribution in [0.2, 0.25) is 0 Å². The molecule has 0 radical (unpaired) electrons. The third-order valence-corrected chi connectivity index (χ3v) is 5.46. The molecule has 2 aliphatic rings. The molecule has 0 N–H and O–H groups in total. The van der Waals surface area contributed by atoms with Gasteiger partial charge in [-0.3, -0.25) is 9.80 Å². The molecule has 0 saturated heterocycles. The Morgan fingerprint density at radius 3 is 2.73 bits per heavy atom. The number of hydrogen-bond donors (Lipinski definition) is 0. The molecule has 0 aromatic heterocycles. The van der Waals surface area contributed by atoms with Crippen molar-refractivity contribution in [2.75, 3.05) is 33.9 Å². The molecule has 2 aromatic rings. The topological polar surface area (TPSA) is 24.9 Å². The quantitative estimate of drug-likeness (QED) is 0.828. The molecular formula is C22H28N2O2. The molecule has 2 aromatic carbocycles. The first-order valence-corrected chi connectivity index (χ1v) is 9.44. The average molecular weight is 352 g/mol. The van der Waals surface area contributed by atoms with E-state index < -0.39 is 0 Å². The molecule has 0 amide bonds. The highest BCUT2D eigenvalue weighted by atomic mass is 16.5. The molecule has 4 rings (SSSR count). The maximum absolute atomic E-state index is 6.16. The molecule has 4 nitrogen and oxygen atoms in total. The summed E-state index contributed by atoms with van der Waals surface area (Å²) in [6, 6.07) is 13.5.